The van der Waals surface area contributed by atoms with Gasteiger partial charge in [-0.2, -0.15) is 0 Å². The summed E-state index contributed by atoms with van der Waals surface area (Å²) < 4.78 is 5.33. The van der Waals surface area contributed by atoms with Crippen LogP contribution < -0.4 is 5.32 Å². The Morgan fingerprint density at radius 3 is 1.66 bits per heavy atom. The number of carboxylic acids is 5. The second kappa shape index (κ2) is 19.8. The largest absolute Gasteiger partial charge is 0.480 e. The van der Waals surface area contributed by atoms with Crippen LogP contribution in [0.4, 0.5) is 5.69 Å². The number of carboxylic acid groups (broad SMARTS) is 5. The van der Waals surface area contributed by atoms with E-state index >= 15 is 0 Å². The average molecular weight is 669 g/mol. The zero-order valence-electron chi connectivity index (χ0n) is 26.7. The number of esters is 1. The summed E-state index contributed by atoms with van der Waals surface area (Å²) in [5, 5.41) is 49.3. The van der Waals surface area contributed by atoms with Crippen LogP contribution in [0, 0.1) is 0 Å². The van der Waals surface area contributed by atoms with Crippen molar-refractivity contribution >= 4 is 47.4 Å². The number of hydrogen-bond acceptors (Lipinski definition) is 11. The lowest BCUT2D eigenvalue weighted by molar-refractivity contribution is -0.157. The lowest BCUT2D eigenvalue weighted by Crippen LogP contribution is -2.51. The molecule has 1 atom stereocenters. The van der Waals surface area contributed by atoms with E-state index in [2.05, 4.69) is 5.32 Å². The van der Waals surface area contributed by atoms with E-state index in [1.54, 1.807) is 38.1 Å². The molecule has 1 rings (SSSR count). The predicted octanol–water partition coefficient (Wildman–Crippen LogP) is 0.377. The maximum Gasteiger partial charge on any atom is 0.317 e. The summed E-state index contributed by atoms with van der Waals surface area (Å²) in [6.45, 7) is 1.78. The van der Waals surface area contributed by atoms with Gasteiger partial charge >= 0.3 is 35.8 Å². The quantitative estimate of drug-likeness (QED) is 0.0814. The number of nitrogens with one attached hydrogen (secondary N) is 1. The van der Waals surface area contributed by atoms with Gasteiger partial charge in [0.05, 0.1) is 39.1 Å². The molecule has 0 heterocycles. The highest BCUT2D eigenvalue weighted by Crippen LogP contribution is 2.17. The number of aliphatic carboxylic acids is 5. The number of carbonyl (C=O) groups excluding carboxylic acids is 2. The van der Waals surface area contributed by atoms with Gasteiger partial charge in [-0.3, -0.25) is 48.3 Å². The highest BCUT2D eigenvalue weighted by atomic mass is 16.6. The van der Waals surface area contributed by atoms with Gasteiger partial charge in [0.2, 0.25) is 5.91 Å². The molecule has 0 radical (unpaired) electrons. The van der Waals surface area contributed by atoms with Gasteiger partial charge < -0.3 is 35.6 Å². The lowest BCUT2D eigenvalue weighted by Gasteiger charge is -2.34. The van der Waals surface area contributed by atoms with Crippen molar-refractivity contribution in [1.82, 2.24) is 14.7 Å². The first-order chi connectivity index (χ1) is 21.9. The number of anilines is 1. The number of benzene rings is 1. The Hall–Kier alpha value is -4.61. The smallest absolute Gasteiger partial charge is 0.317 e. The maximum absolute atomic E-state index is 12.4. The molecule has 0 bridgehead atoms. The van der Waals surface area contributed by atoms with Gasteiger partial charge in [-0.25, -0.2) is 0 Å². The molecule has 1 aromatic carbocycles. The van der Waals surface area contributed by atoms with E-state index in [-0.39, 0.29) is 38.9 Å². The summed E-state index contributed by atoms with van der Waals surface area (Å²) in [5.74, 6) is -7.43. The van der Waals surface area contributed by atoms with Gasteiger partial charge in [0.15, 0.2) is 0 Å². The highest BCUT2D eigenvalue weighted by Gasteiger charge is 2.27. The summed E-state index contributed by atoms with van der Waals surface area (Å²) in [6.07, 6.45) is 0.434. The van der Waals surface area contributed by atoms with E-state index in [1.165, 1.54) is 4.90 Å². The first-order valence-electron chi connectivity index (χ1n) is 14.8. The van der Waals surface area contributed by atoms with Crippen molar-refractivity contribution in [2.75, 3.05) is 57.7 Å². The molecule has 0 saturated heterocycles. The second-order valence-electron chi connectivity index (χ2n) is 11.5. The standard InChI is InChI=1S/C30H44N4O13/c1-4-30(2,3)47-29(46)10-9-23(35)31-21-7-5-20(6-8-21)13-22(34(18-27(42)43)19-28(44)45)14-32(15-24(36)37)11-12-33(16-25(38)39)17-26(40)41/h5-8,22H,4,9-19H2,1-3H3,(H,31,35)(H,36,37)(H,38,39)(H,40,41)(H,42,43)(H,44,45). The van der Waals surface area contributed by atoms with Crippen molar-refractivity contribution in [2.45, 2.75) is 58.1 Å². The molecule has 0 fully saturated rings. The minimum absolute atomic E-state index is 0.0535. The molecule has 6 N–H and O–H groups in total. The maximum atomic E-state index is 12.4. The van der Waals surface area contributed by atoms with Gasteiger partial charge in [0, 0.05) is 37.8 Å². The summed E-state index contributed by atoms with van der Waals surface area (Å²) >= 11 is 0. The third-order valence-corrected chi connectivity index (χ3v) is 6.98. The molecule has 0 aromatic heterocycles. The fourth-order valence-corrected chi connectivity index (χ4v) is 4.44. The van der Waals surface area contributed by atoms with Crippen LogP contribution in [-0.4, -0.2) is 146 Å². The van der Waals surface area contributed by atoms with Crippen LogP contribution in [0.2, 0.25) is 0 Å². The molecular weight excluding hydrogens is 624 g/mol. The van der Waals surface area contributed by atoms with Gasteiger partial charge in [-0.1, -0.05) is 19.1 Å². The zero-order valence-corrected chi connectivity index (χ0v) is 26.7. The summed E-state index contributed by atoms with van der Waals surface area (Å²) in [6, 6.07) is 5.48. The van der Waals surface area contributed by atoms with Crippen LogP contribution in [0.5, 0.6) is 0 Å². The Balaban J connectivity index is 3.13. The second-order valence-corrected chi connectivity index (χ2v) is 11.5. The van der Waals surface area contributed by atoms with Crippen molar-refractivity contribution in [3.63, 3.8) is 0 Å². The minimum Gasteiger partial charge on any atom is -0.480 e. The molecular formula is C30H44N4O13. The minimum atomic E-state index is -1.32. The summed E-state index contributed by atoms with van der Waals surface area (Å²) in [4.78, 5) is 85.3. The van der Waals surface area contributed by atoms with E-state index in [0.717, 1.165) is 9.80 Å². The van der Waals surface area contributed by atoms with E-state index in [9.17, 15) is 48.9 Å². The van der Waals surface area contributed by atoms with Crippen molar-refractivity contribution in [1.29, 1.82) is 0 Å². The van der Waals surface area contributed by atoms with Crippen LogP contribution in [0.1, 0.15) is 45.6 Å². The number of rotatable bonds is 24. The number of hydrogen-bond donors (Lipinski definition) is 6. The third kappa shape index (κ3) is 18.2. The van der Waals surface area contributed by atoms with Gasteiger partial charge in [0.25, 0.3) is 0 Å². The van der Waals surface area contributed by atoms with Crippen molar-refractivity contribution in [3.8, 4) is 0 Å². The molecule has 0 saturated carbocycles. The Morgan fingerprint density at radius 1 is 0.723 bits per heavy atom. The topological polar surface area (TPSA) is 252 Å². The third-order valence-electron chi connectivity index (χ3n) is 6.98. The Bertz CT molecular complexity index is 1220. The van der Waals surface area contributed by atoms with E-state index in [4.69, 9.17) is 14.9 Å². The van der Waals surface area contributed by atoms with Crippen LogP contribution in [0.3, 0.4) is 0 Å². The van der Waals surface area contributed by atoms with E-state index < -0.39 is 86.1 Å². The molecule has 47 heavy (non-hydrogen) atoms. The lowest BCUT2D eigenvalue weighted by atomic mass is 10.0. The van der Waals surface area contributed by atoms with Crippen LogP contribution in [-0.2, 0) is 44.7 Å². The molecule has 0 spiro atoms. The number of carbonyl (C=O) groups is 7. The average Bonchev–Trinajstić information content (AvgIpc) is 2.93. The van der Waals surface area contributed by atoms with E-state index in [0.29, 0.717) is 17.7 Å². The van der Waals surface area contributed by atoms with Crippen molar-refractivity contribution in [2.24, 2.45) is 0 Å². The van der Waals surface area contributed by atoms with Crippen LogP contribution >= 0.6 is 0 Å². The summed E-state index contributed by atoms with van der Waals surface area (Å²) in [5.41, 5.74) is 0.347. The molecule has 0 aliphatic heterocycles. The fourth-order valence-electron chi connectivity index (χ4n) is 4.44. The molecule has 17 heteroatoms. The molecule has 0 aliphatic rings. The molecule has 262 valence electrons. The monoisotopic (exact) mass is 668 g/mol. The van der Waals surface area contributed by atoms with Gasteiger partial charge in [-0.15, -0.1) is 0 Å². The van der Waals surface area contributed by atoms with Crippen LogP contribution in [0.15, 0.2) is 24.3 Å². The molecule has 1 unspecified atom stereocenters. The Kier molecular flexibility index (Phi) is 17.0. The number of amides is 1. The van der Waals surface area contributed by atoms with E-state index in [1.807, 2.05) is 6.92 Å². The molecule has 17 nitrogen and oxygen atoms in total. The normalized spacial score (nSPS) is 12.1. The number of nitrogens with zero attached hydrogens (tertiary/aromatic N) is 3. The van der Waals surface area contributed by atoms with Gasteiger partial charge in [-0.05, 0) is 44.4 Å². The van der Waals surface area contributed by atoms with Crippen LogP contribution in [0.25, 0.3) is 0 Å². The Morgan fingerprint density at radius 2 is 1.19 bits per heavy atom. The SMILES string of the molecule is CCC(C)(C)OC(=O)CCC(=O)Nc1ccc(CC(CN(CCN(CC(=O)O)CC(=O)O)CC(=O)O)N(CC(=O)O)CC(=O)O)cc1. The first kappa shape index (κ1) is 40.4. The van der Waals surface area contributed by atoms with Gasteiger partial charge in [0.1, 0.15) is 5.60 Å². The predicted molar refractivity (Wildman–Crippen MR) is 165 cm³/mol. The fraction of sp³-hybridized carbons (Fsp3) is 0.567. The molecule has 1 aromatic rings. The van der Waals surface area contributed by atoms with Crippen molar-refractivity contribution in [3.05, 3.63) is 29.8 Å². The number of ether oxygens (including phenoxy) is 1. The van der Waals surface area contributed by atoms with Crippen molar-refractivity contribution < 1.29 is 63.8 Å². The molecule has 0 aliphatic carbocycles. The highest BCUT2D eigenvalue weighted by molar-refractivity contribution is 5.92. The zero-order chi connectivity index (χ0) is 35.7. The summed E-state index contributed by atoms with van der Waals surface area (Å²) in [7, 11) is 0. The molecule has 1 amide bonds. The Labute approximate surface area is 271 Å². The first-order valence-corrected chi connectivity index (χ1v) is 14.8.